The lowest BCUT2D eigenvalue weighted by Crippen LogP contribution is -2.29. The van der Waals surface area contributed by atoms with E-state index >= 15 is 0 Å². The van der Waals surface area contributed by atoms with E-state index in [4.69, 9.17) is 24.3 Å². The quantitative estimate of drug-likeness (QED) is 0.0264. The van der Waals surface area contributed by atoms with Crippen LogP contribution in [0.1, 0.15) is 168 Å². The Morgan fingerprint density at radius 1 is 0.400 bits per heavy atom. The maximum atomic E-state index is 12.7. The summed E-state index contributed by atoms with van der Waals surface area (Å²) in [5.41, 5.74) is 5.37. The number of hydrogen-bond acceptors (Lipinski definition) is 8. The van der Waals surface area contributed by atoms with Crippen LogP contribution in [-0.4, -0.2) is 49.3 Å². The van der Waals surface area contributed by atoms with E-state index < -0.39 is 32.5 Å². The summed E-state index contributed by atoms with van der Waals surface area (Å²) < 4.78 is 32.9. The molecule has 0 amide bonds. The molecule has 0 aromatic rings. The first kappa shape index (κ1) is 69.8. The fourth-order valence-corrected chi connectivity index (χ4v) is 7.19. The van der Waals surface area contributed by atoms with Gasteiger partial charge < -0.3 is 20.1 Å². The maximum Gasteiger partial charge on any atom is 0.472 e. The monoisotopic (exact) mass is 1050 g/mol. The molecule has 9 nitrogen and oxygen atoms in total. The molecule has 0 saturated heterocycles. The topological polar surface area (TPSA) is 134 Å². The number of allylic oxidation sites excluding steroid dienone is 32. The van der Waals surface area contributed by atoms with E-state index in [-0.39, 0.29) is 32.6 Å². The van der Waals surface area contributed by atoms with Crippen molar-refractivity contribution in [1.29, 1.82) is 0 Å². The average molecular weight is 1050 g/mol. The van der Waals surface area contributed by atoms with Gasteiger partial charge in [0.25, 0.3) is 0 Å². The highest BCUT2D eigenvalue weighted by Crippen LogP contribution is 2.43. The van der Waals surface area contributed by atoms with Crippen LogP contribution in [0.5, 0.6) is 0 Å². The molecule has 0 bridgehead atoms. The third-order valence-electron chi connectivity index (χ3n) is 10.5. The van der Waals surface area contributed by atoms with Gasteiger partial charge in [0.15, 0.2) is 6.10 Å². The largest absolute Gasteiger partial charge is 0.472 e. The first-order valence-corrected chi connectivity index (χ1v) is 29.4. The zero-order valence-corrected chi connectivity index (χ0v) is 47.1. The minimum atomic E-state index is -4.43. The van der Waals surface area contributed by atoms with Crippen molar-refractivity contribution in [3.63, 3.8) is 0 Å². The first-order chi connectivity index (χ1) is 36.8. The van der Waals surface area contributed by atoms with Crippen molar-refractivity contribution < 1.29 is 37.6 Å². The standard InChI is InChI=1S/C65H98NO8P/c1-3-5-7-9-11-13-15-17-19-21-23-25-27-29-31-33-35-37-39-41-43-45-47-49-51-53-55-57-64(67)71-61-63(62-73-75(69,70)72-60-59-66)74-65(68)58-56-54-52-50-48-46-44-42-40-38-36-34-32-30-28-26-24-22-20-18-16-14-12-10-8-6-4-2/h5-8,11-14,17-20,23-26,29-32,35-38,41-44,47-50,63H,3-4,9-10,15-16,21-22,27-28,33-34,39-40,45-46,51-62,66H2,1-2H3,(H,69,70)/b7-5-,8-6-,13-11-,14-12-,19-17-,20-18-,25-23-,26-24-,31-29-,32-30-,37-35-,38-36-,43-41-,44-42-,49-47-,50-48-. The van der Waals surface area contributed by atoms with E-state index in [1.165, 1.54) is 0 Å². The summed E-state index contributed by atoms with van der Waals surface area (Å²) in [5, 5.41) is 0. The number of rotatable bonds is 49. The molecule has 2 atom stereocenters. The molecular weight excluding hydrogens is 954 g/mol. The van der Waals surface area contributed by atoms with Gasteiger partial charge in [0.05, 0.1) is 13.2 Å². The molecule has 0 radical (unpaired) electrons. The van der Waals surface area contributed by atoms with Crippen molar-refractivity contribution in [2.45, 2.75) is 174 Å². The predicted octanol–water partition coefficient (Wildman–Crippen LogP) is 17.8. The first-order valence-electron chi connectivity index (χ1n) is 27.9. The van der Waals surface area contributed by atoms with Gasteiger partial charge in [-0.25, -0.2) is 4.57 Å². The Morgan fingerprint density at radius 2 is 0.680 bits per heavy atom. The molecule has 2 unspecified atom stereocenters. The van der Waals surface area contributed by atoms with E-state index in [1.54, 1.807) is 0 Å². The van der Waals surface area contributed by atoms with Gasteiger partial charge in [0.1, 0.15) is 6.61 Å². The summed E-state index contributed by atoms with van der Waals surface area (Å²) in [4.78, 5) is 35.1. The highest BCUT2D eigenvalue weighted by molar-refractivity contribution is 7.47. The van der Waals surface area contributed by atoms with Gasteiger partial charge in [-0.2, -0.15) is 0 Å². The van der Waals surface area contributed by atoms with Gasteiger partial charge in [-0.05, 0) is 141 Å². The molecule has 0 rings (SSSR count). The van der Waals surface area contributed by atoms with Crippen molar-refractivity contribution in [3.05, 3.63) is 194 Å². The number of unbranched alkanes of at least 4 members (excludes halogenated alkanes) is 4. The molecule has 75 heavy (non-hydrogen) atoms. The molecule has 0 spiro atoms. The summed E-state index contributed by atoms with van der Waals surface area (Å²) in [6, 6.07) is 0. The number of carbonyl (C=O) groups excluding carboxylic acids is 2. The highest BCUT2D eigenvalue weighted by atomic mass is 31.2. The van der Waals surface area contributed by atoms with Crippen molar-refractivity contribution in [3.8, 4) is 0 Å². The van der Waals surface area contributed by atoms with Crippen LogP contribution in [0.15, 0.2) is 194 Å². The minimum absolute atomic E-state index is 0.0272. The molecule has 0 aliphatic heterocycles. The molecule has 0 saturated carbocycles. The Balaban J connectivity index is 4.26. The Kier molecular flexibility index (Phi) is 54.1. The van der Waals surface area contributed by atoms with Gasteiger partial charge in [-0.15, -0.1) is 0 Å². The minimum Gasteiger partial charge on any atom is -0.462 e. The lowest BCUT2D eigenvalue weighted by molar-refractivity contribution is -0.161. The molecule has 0 fully saturated rings. The number of nitrogens with two attached hydrogens (primary N) is 1. The summed E-state index contributed by atoms with van der Waals surface area (Å²) in [5.74, 6) is -0.953. The number of ether oxygens (including phenoxy) is 2. The van der Waals surface area contributed by atoms with Crippen molar-refractivity contribution in [1.82, 2.24) is 0 Å². The van der Waals surface area contributed by atoms with Crippen molar-refractivity contribution in [2.75, 3.05) is 26.4 Å². The van der Waals surface area contributed by atoms with E-state index in [2.05, 4.69) is 208 Å². The Labute approximate surface area is 456 Å². The molecular formula is C65H98NO8P. The highest BCUT2D eigenvalue weighted by Gasteiger charge is 2.26. The van der Waals surface area contributed by atoms with Gasteiger partial charge in [-0.3, -0.25) is 18.6 Å². The van der Waals surface area contributed by atoms with Gasteiger partial charge in [0.2, 0.25) is 0 Å². The molecule has 0 heterocycles. The number of esters is 2. The SMILES string of the molecule is CC/C=C\C/C=C\C/C=C\C/C=C\C/C=C\C/C=C\C/C=C\C/C=C\CCCCC(=O)OCC(COP(=O)(O)OCCN)OC(=O)CCCC/C=C\C/C=C\C/C=C\C/C=C\C/C=C\C/C=C\C/C=C\C/C=C\CC. The van der Waals surface area contributed by atoms with Gasteiger partial charge in [0, 0.05) is 19.4 Å². The number of carbonyl (C=O) groups is 2. The van der Waals surface area contributed by atoms with Crippen LogP contribution in [0.25, 0.3) is 0 Å². The average Bonchev–Trinajstić information content (AvgIpc) is 3.40. The molecule has 0 aliphatic carbocycles. The van der Waals surface area contributed by atoms with Crippen LogP contribution in [0.3, 0.4) is 0 Å². The Morgan fingerprint density at radius 3 is 0.973 bits per heavy atom. The second-order valence-corrected chi connectivity index (χ2v) is 18.8. The molecule has 3 N–H and O–H groups in total. The third-order valence-corrected chi connectivity index (χ3v) is 11.5. The summed E-state index contributed by atoms with van der Waals surface area (Å²) in [6.45, 7) is 3.37. The van der Waals surface area contributed by atoms with Crippen LogP contribution in [0, 0.1) is 0 Å². The van der Waals surface area contributed by atoms with E-state index in [1.807, 2.05) is 0 Å². The second-order valence-electron chi connectivity index (χ2n) is 17.3. The maximum absolute atomic E-state index is 12.7. The van der Waals surface area contributed by atoms with Crippen LogP contribution in [-0.2, 0) is 32.7 Å². The third kappa shape index (κ3) is 58.0. The lowest BCUT2D eigenvalue weighted by Gasteiger charge is -2.19. The molecule has 416 valence electrons. The summed E-state index contributed by atoms with van der Waals surface area (Å²) >= 11 is 0. The molecule has 0 aromatic heterocycles. The number of hydrogen-bond donors (Lipinski definition) is 2. The molecule has 0 aliphatic rings. The normalized spacial score (nSPS) is 14.6. The van der Waals surface area contributed by atoms with Crippen molar-refractivity contribution in [2.24, 2.45) is 5.73 Å². The second kappa shape index (κ2) is 58.1. The van der Waals surface area contributed by atoms with E-state index in [0.29, 0.717) is 12.8 Å². The Hall–Kier alpha value is -5.15. The Bertz CT molecular complexity index is 1920. The van der Waals surface area contributed by atoms with Crippen molar-refractivity contribution >= 4 is 19.8 Å². The predicted molar refractivity (Wildman–Crippen MR) is 320 cm³/mol. The number of phosphoric acid groups is 1. The van der Waals surface area contributed by atoms with Crippen LogP contribution >= 0.6 is 7.82 Å². The fourth-order valence-electron chi connectivity index (χ4n) is 6.43. The lowest BCUT2D eigenvalue weighted by atomic mass is 10.1. The van der Waals surface area contributed by atoms with Crippen LogP contribution in [0.2, 0.25) is 0 Å². The van der Waals surface area contributed by atoms with Crippen LogP contribution < -0.4 is 5.73 Å². The van der Waals surface area contributed by atoms with Gasteiger partial charge in [-0.1, -0.05) is 208 Å². The number of phosphoric ester groups is 1. The fraction of sp³-hybridized carbons (Fsp3) is 0.477. The summed E-state index contributed by atoms with van der Waals surface area (Å²) in [6.07, 6.45) is 89.1. The van der Waals surface area contributed by atoms with E-state index in [9.17, 15) is 19.0 Å². The van der Waals surface area contributed by atoms with Gasteiger partial charge >= 0.3 is 19.8 Å². The van der Waals surface area contributed by atoms with E-state index in [0.717, 1.165) is 128 Å². The zero-order valence-electron chi connectivity index (χ0n) is 46.2. The zero-order chi connectivity index (χ0) is 54.5. The smallest absolute Gasteiger partial charge is 0.462 e. The van der Waals surface area contributed by atoms with Crippen LogP contribution in [0.4, 0.5) is 0 Å². The molecule has 0 aromatic carbocycles. The summed E-state index contributed by atoms with van der Waals surface area (Å²) in [7, 11) is -4.43. The molecule has 10 heteroatoms.